The van der Waals surface area contributed by atoms with Gasteiger partial charge in [-0.3, -0.25) is 4.79 Å². The zero-order valence-electron chi connectivity index (χ0n) is 25.3. The summed E-state index contributed by atoms with van der Waals surface area (Å²) in [5, 5.41) is 0. The van der Waals surface area contributed by atoms with Crippen LogP contribution in [-0.4, -0.2) is 12.0 Å². The number of alkyl halides is 1. The van der Waals surface area contributed by atoms with Crippen molar-refractivity contribution < 1.29 is 9.18 Å². The van der Waals surface area contributed by atoms with Crippen molar-refractivity contribution in [3.8, 4) is 0 Å². The molecule has 0 aromatic heterocycles. The zero-order valence-corrected chi connectivity index (χ0v) is 25.3. The molecule has 5 rings (SSSR count). The Kier molecular flexibility index (Phi) is 10.0. The normalized spacial score (nSPS) is 43.9. The lowest BCUT2D eigenvalue weighted by Crippen LogP contribution is -2.69. The number of carbonyl (C=O) groups is 1. The summed E-state index contributed by atoms with van der Waals surface area (Å²) in [6.45, 7) is 4.60. The molecule has 0 unspecified atom stereocenters. The summed E-state index contributed by atoms with van der Waals surface area (Å²) in [4.78, 5) is 13.8. The maximum absolute atomic E-state index is 16.2. The lowest BCUT2D eigenvalue weighted by atomic mass is 9.41. The number of hydrogen-bond donors (Lipinski definition) is 0. The van der Waals surface area contributed by atoms with E-state index in [1.54, 1.807) is 0 Å². The smallest absolute Gasteiger partial charge is 0.151 e. The van der Waals surface area contributed by atoms with Crippen molar-refractivity contribution in [1.82, 2.24) is 0 Å². The number of rotatable bonds is 10. The highest BCUT2D eigenvalue weighted by Crippen LogP contribution is 2.66. The predicted molar refractivity (Wildman–Crippen MR) is 158 cm³/mol. The second-order valence-electron chi connectivity index (χ2n) is 15.2. The van der Waals surface area contributed by atoms with E-state index in [1.165, 1.54) is 103 Å². The fraction of sp³-hybridized carbons (Fsp3) is 0.972. The molecule has 0 aliphatic heterocycles. The van der Waals surface area contributed by atoms with Gasteiger partial charge in [0.05, 0.1) is 10.8 Å². The standard InChI is InChI=1S/C36H61FO/c1-3-5-7-9-27-11-15-29(16-12-27)31-19-23-35(24-20-31)33(37)36(34(35)38)25-21-32(22-26-36)30-17-13-28(14-18-30)10-8-6-4-2/h27-33H,3-26H2,1-2H3/t27?,28?,29?,30?,31?,32?,33?,35-,36-. The second-order valence-corrected chi connectivity index (χ2v) is 15.2. The summed E-state index contributed by atoms with van der Waals surface area (Å²) in [5.74, 6) is 5.55. The van der Waals surface area contributed by atoms with Gasteiger partial charge < -0.3 is 0 Å². The molecule has 5 aliphatic carbocycles. The third-order valence-corrected chi connectivity index (χ3v) is 13.3. The number of hydrogen-bond acceptors (Lipinski definition) is 1. The second kappa shape index (κ2) is 13.1. The van der Waals surface area contributed by atoms with E-state index in [0.717, 1.165) is 86.9 Å². The van der Waals surface area contributed by atoms with Gasteiger partial charge in [-0.1, -0.05) is 90.9 Å². The average molecular weight is 529 g/mol. The summed E-state index contributed by atoms with van der Waals surface area (Å²) in [5.41, 5.74) is -1.14. The van der Waals surface area contributed by atoms with Crippen LogP contribution in [-0.2, 0) is 4.79 Å². The molecule has 1 nitrogen and oxygen atoms in total. The van der Waals surface area contributed by atoms with Crippen LogP contribution in [0.3, 0.4) is 0 Å². The van der Waals surface area contributed by atoms with Crippen molar-refractivity contribution in [2.45, 2.75) is 174 Å². The topological polar surface area (TPSA) is 17.1 Å². The van der Waals surface area contributed by atoms with Gasteiger partial charge in [0.15, 0.2) is 5.78 Å². The molecule has 0 bridgehead atoms. The molecule has 0 saturated heterocycles. The Hall–Kier alpha value is -0.400. The SMILES string of the molecule is CCCCCC1CCC(C2CC[C@]3(CC2)C(=O)[C@@]2(CCC(C4CCC(CCCCC)CC4)CC2)[C@H]3F)CC1. The summed E-state index contributed by atoms with van der Waals surface area (Å²) >= 11 is 0. The largest absolute Gasteiger partial charge is 0.298 e. The first-order chi connectivity index (χ1) is 18.5. The molecule has 218 valence electrons. The molecule has 2 heteroatoms. The lowest BCUT2D eigenvalue weighted by Gasteiger charge is -2.62. The van der Waals surface area contributed by atoms with Gasteiger partial charge in [0.2, 0.25) is 0 Å². The van der Waals surface area contributed by atoms with Gasteiger partial charge in [-0.25, -0.2) is 4.39 Å². The molecule has 5 fully saturated rings. The molecule has 0 N–H and O–H groups in total. The molecule has 2 spiro atoms. The maximum Gasteiger partial charge on any atom is 0.151 e. The fourth-order valence-corrected chi connectivity index (χ4v) is 10.7. The molecule has 0 aromatic rings. The number of ketones is 1. The zero-order chi connectivity index (χ0) is 26.6. The van der Waals surface area contributed by atoms with Crippen molar-refractivity contribution in [3.05, 3.63) is 0 Å². The summed E-state index contributed by atoms with van der Waals surface area (Å²) in [6.07, 6.45) is 29.5. The van der Waals surface area contributed by atoms with Crippen molar-refractivity contribution in [2.75, 3.05) is 0 Å². The highest BCUT2D eigenvalue weighted by Gasteiger charge is 2.71. The molecule has 0 aromatic carbocycles. The van der Waals surface area contributed by atoms with Gasteiger partial charge in [0.25, 0.3) is 0 Å². The molecule has 0 atom stereocenters. The Morgan fingerprint density at radius 3 is 1.21 bits per heavy atom. The van der Waals surface area contributed by atoms with E-state index in [-0.39, 0.29) is 0 Å². The van der Waals surface area contributed by atoms with E-state index in [9.17, 15) is 4.79 Å². The first-order valence-corrected chi connectivity index (χ1v) is 17.7. The van der Waals surface area contributed by atoms with E-state index < -0.39 is 17.0 Å². The highest BCUT2D eigenvalue weighted by atomic mass is 19.1. The lowest BCUT2D eigenvalue weighted by molar-refractivity contribution is -0.194. The van der Waals surface area contributed by atoms with Crippen LogP contribution < -0.4 is 0 Å². The molecule has 5 aliphatic rings. The van der Waals surface area contributed by atoms with E-state index >= 15 is 4.39 Å². The van der Waals surface area contributed by atoms with Gasteiger partial charge in [0, 0.05) is 0 Å². The third-order valence-electron chi connectivity index (χ3n) is 13.3. The van der Waals surface area contributed by atoms with Crippen LogP contribution in [0.5, 0.6) is 0 Å². The van der Waals surface area contributed by atoms with E-state index in [4.69, 9.17) is 0 Å². The number of Topliss-reactive ketones (excluding diaryl/α,β-unsaturated/α-hetero) is 1. The summed E-state index contributed by atoms with van der Waals surface area (Å²) in [6, 6.07) is 0. The van der Waals surface area contributed by atoms with Crippen LogP contribution in [0, 0.1) is 46.3 Å². The highest BCUT2D eigenvalue weighted by molar-refractivity contribution is 5.98. The number of unbranched alkanes of at least 4 members (excludes halogenated alkanes) is 4. The van der Waals surface area contributed by atoms with Gasteiger partial charge in [-0.05, 0) is 113 Å². The van der Waals surface area contributed by atoms with Crippen molar-refractivity contribution in [3.63, 3.8) is 0 Å². The Bertz CT molecular complexity index is 666. The van der Waals surface area contributed by atoms with E-state index in [1.807, 2.05) is 0 Å². The molecule has 0 heterocycles. The van der Waals surface area contributed by atoms with Crippen LogP contribution in [0.25, 0.3) is 0 Å². The minimum atomic E-state index is -0.840. The van der Waals surface area contributed by atoms with Gasteiger partial charge >= 0.3 is 0 Å². The summed E-state index contributed by atoms with van der Waals surface area (Å²) < 4.78 is 16.2. The molecule has 0 amide bonds. The summed E-state index contributed by atoms with van der Waals surface area (Å²) in [7, 11) is 0. The number of halogens is 1. The Morgan fingerprint density at radius 1 is 0.553 bits per heavy atom. The molecule has 38 heavy (non-hydrogen) atoms. The molecule has 0 radical (unpaired) electrons. The minimum absolute atomic E-state index is 0.383. The Balaban J connectivity index is 1.04. The number of carbonyl (C=O) groups excluding carboxylic acids is 1. The van der Waals surface area contributed by atoms with Crippen LogP contribution in [0.1, 0.15) is 168 Å². The average Bonchev–Trinajstić information content (AvgIpc) is 2.98. The minimum Gasteiger partial charge on any atom is -0.298 e. The molecular formula is C36H61FO. The Labute approximate surface area is 235 Å². The van der Waals surface area contributed by atoms with Crippen LogP contribution >= 0.6 is 0 Å². The van der Waals surface area contributed by atoms with Crippen LogP contribution in [0.15, 0.2) is 0 Å². The van der Waals surface area contributed by atoms with Crippen molar-refractivity contribution in [2.24, 2.45) is 46.3 Å². The fourth-order valence-electron chi connectivity index (χ4n) is 10.7. The van der Waals surface area contributed by atoms with Crippen molar-refractivity contribution in [1.29, 1.82) is 0 Å². The quantitative estimate of drug-likeness (QED) is 0.258. The van der Waals surface area contributed by atoms with E-state index in [0.29, 0.717) is 5.78 Å². The molecular weight excluding hydrogens is 467 g/mol. The Morgan fingerprint density at radius 2 is 0.895 bits per heavy atom. The maximum atomic E-state index is 16.2. The van der Waals surface area contributed by atoms with Gasteiger partial charge in [-0.2, -0.15) is 0 Å². The van der Waals surface area contributed by atoms with Crippen LogP contribution in [0.2, 0.25) is 0 Å². The first-order valence-electron chi connectivity index (χ1n) is 17.7. The van der Waals surface area contributed by atoms with E-state index in [2.05, 4.69) is 13.8 Å². The van der Waals surface area contributed by atoms with Gasteiger partial charge in [-0.15, -0.1) is 0 Å². The monoisotopic (exact) mass is 528 g/mol. The van der Waals surface area contributed by atoms with Gasteiger partial charge in [0.1, 0.15) is 6.17 Å². The first kappa shape index (κ1) is 29.1. The predicted octanol–water partition coefficient (Wildman–Crippen LogP) is 11.0. The van der Waals surface area contributed by atoms with Crippen molar-refractivity contribution >= 4 is 5.78 Å². The third kappa shape index (κ3) is 5.82. The van der Waals surface area contributed by atoms with Crippen LogP contribution in [0.4, 0.5) is 4.39 Å². The molecule has 5 saturated carbocycles.